The fourth-order valence-electron chi connectivity index (χ4n) is 12.2. The van der Waals surface area contributed by atoms with E-state index in [0.29, 0.717) is 6.61 Å². The lowest BCUT2D eigenvalue weighted by molar-refractivity contribution is -0.140. The Labute approximate surface area is 978 Å². The number of ether oxygens (including phenoxy) is 1. The number of rotatable bonds is 73. The van der Waals surface area contributed by atoms with Crippen LogP contribution in [0.1, 0.15) is 963 Å². The SMILES string of the molecule is CCCCCC.CCCCCC.CCCCCC.CCCCCC.CCCCCC.CCCCCC.CCCCCC.CCCCCC.CCCCCC.CCCCCC.CCCCCC.CCCCCC.CCCCCC.CCCCCC.CCCCCC.CCCCCC.CCCCCC.CCCCCC.CCCCCC.CCCCCC.CCCCCC.CCCCCC.CCCCCC.CCCCCC.CCOC(C)=O. The Balaban J connectivity index is -0.0000000472. The number of esters is 1. The van der Waals surface area contributed by atoms with Gasteiger partial charge in [-0.3, -0.25) is 4.79 Å². The molecule has 0 atom stereocenters. The standard InChI is InChI=1S/24C6H14.C4H8O2/c24*1-3-5-6-4-2;1-3-6-4(2)5/h24*3-6H2,1-2H3;3H2,1-2H3. The van der Waals surface area contributed by atoms with Crippen molar-refractivity contribution in [3.63, 3.8) is 0 Å². The second-order valence-corrected chi connectivity index (χ2v) is 41.9. The minimum absolute atomic E-state index is 0.211. The van der Waals surface area contributed by atoms with E-state index in [0.717, 1.165) is 0 Å². The first-order valence-electron chi connectivity index (χ1n) is 71.8. The highest BCUT2D eigenvalue weighted by Crippen LogP contribution is 2.08. The summed E-state index contributed by atoms with van der Waals surface area (Å²) in [5.74, 6) is -0.211. The predicted octanol–water partition coefficient (Wildman–Crippen LogP) is 62.6. The van der Waals surface area contributed by atoms with Gasteiger partial charge in [-0.15, -0.1) is 0 Å². The van der Waals surface area contributed by atoms with Gasteiger partial charge in [0.1, 0.15) is 0 Å². The van der Waals surface area contributed by atoms with Crippen molar-refractivity contribution in [1.29, 1.82) is 0 Å². The molecule has 2 nitrogen and oxygen atoms in total. The molecular weight excluding hydrogens is 1810 g/mol. The van der Waals surface area contributed by atoms with Crippen molar-refractivity contribution in [2.45, 2.75) is 963 Å². The predicted molar refractivity (Wildman–Crippen MR) is 738 cm³/mol. The summed E-state index contributed by atoms with van der Waals surface area (Å²) in [6.45, 7) is 111. The van der Waals surface area contributed by atoms with Gasteiger partial charge in [-0.25, -0.2) is 0 Å². The highest BCUT2D eigenvalue weighted by molar-refractivity contribution is 5.65. The summed E-state index contributed by atoms with van der Waals surface area (Å²) in [6, 6.07) is 0. The van der Waals surface area contributed by atoms with E-state index in [2.05, 4.69) is 337 Å². The van der Waals surface area contributed by atoms with Gasteiger partial charge in [0.25, 0.3) is 0 Å². The van der Waals surface area contributed by atoms with E-state index in [4.69, 9.17) is 0 Å². The third-order valence-electron chi connectivity index (χ3n) is 23.3. The normalized spacial score (nSPS) is 8.95. The first-order chi connectivity index (χ1) is 72.7. The van der Waals surface area contributed by atoms with Gasteiger partial charge in [-0.05, 0) is 6.92 Å². The summed E-state index contributed by atoms with van der Waals surface area (Å²) in [5.41, 5.74) is 0. The van der Waals surface area contributed by atoms with E-state index in [-0.39, 0.29) is 5.97 Å². The van der Waals surface area contributed by atoms with Gasteiger partial charge in [0, 0.05) is 6.92 Å². The van der Waals surface area contributed by atoms with Gasteiger partial charge in [0.05, 0.1) is 6.61 Å². The molecule has 0 aliphatic rings. The molecule has 0 N–H and O–H groups in total. The molecule has 0 bridgehead atoms. The van der Waals surface area contributed by atoms with Crippen LogP contribution in [0.4, 0.5) is 0 Å². The summed E-state index contributed by atoms with van der Waals surface area (Å²) < 4.78 is 4.40. The molecule has 0 saturated heterocycles. The first kappa shape index (κ1) is 213. The Kier molecular flexibility index (Phi) is 454. The number of carbonyl (C=O) groups excluding carboxylic acids is 1. The third-order valence-corrected chi connectivity index (χ3v) is 23.3. The molecular formula is C148H344O2. The van der Waals surface area contributed by atoms with Crippen LogP contribution in [0, 0.1) is 0 Å². The monoisotopic (exact) mass is 2150 g/mol. The molecule has 150 heavy (non-hydrogen) atoms. The summed E-state index contributed by atoms with van der Waals surface area (Å²) in [5, 5.41) is 0. The molecule has 0 saturated carbocycles. The molecule has 0 spiro atoms. The molecule has 0 radical (unpaired) electrons. The first-order valence-corrected chi connectivity index (χ1v) is 71.8. The quantitative estimate of drug-likeness (QED) is 0.0448. The summed E-state index contributed by atoms with van der Waals surface area (Å²) in [4.78, 5) is 9.82. The zero-order chi connectivity index (χ0) is 121. The smallest absolute Gasteiger partial charge is 0.302 e. The molecule has 0 aromatic rings. The zero-order valence-electron chi connectivity index (χ0n) is 120. The molecule has 0 unspecified atom stereocenters. The van der Waals surface area contributed by atoms with E-state index in [1.807, 2.05) is 0 Å². The van der Waals surface area contributed by atoms with Crippen molar-refractivity contribution in [3.8, 4) is 0 Å². The van der Waals surface area contributed by atoms with Crippen LogP contribution in [-0.2, 0) is 9.53 Å². The number of hydrogen-bond acceptors (Lipinski definition) is 2. The maximum absolute atomic E-state index is 9.82. The van der Waals surface area contributed by atoms with E-state index in [9.17, 15) is 4.79 Å². The van der Waals surface area contributed by atoms with Gasteiger partial charge >= 0.3 is 5.97 Å². The average molecular weight is 2160 g/mol. The topological polar surface area (TPSA) is 26.3 Å². The van der Waals surface area contributed by atoms with Crippen LogP contribution in [0.2, 0.25) is 0 Å². The van der Waals surface area contributed by atoms with Gasteiger partial charge in [-0.2, -0.15) is 0 Å². The molecule has 0 amide bonds. The van der Waals surface area contributed by atoms with Crippen LogP contribution in [0.3, 0.4) is 0 Å². The van der Waals surface area contributed by atoms with Crippen LogP contribution in [0.25, 0.3) is 0 Å². The van der Waals surface area contributed by atoms with Crippen LogP contribution < -0.4 is 0 Å². The molecule has 0 aliphatic heterocycles. The molecule has 0 aliphatic carbocycles. The van der Waals surface area contributed by atoms with Crippen molar-refractivity contribution in [1.82, 2.24) is 0 Å². The zero-order valence-corrected chi connectivity index (χ0v) is 120. The second kappa shape index (κ2) is 320. The maximum Gasteiger partial charge on any atom is 0.302 e. The Morgan fingerprint density at radius 1 is 0.0867 bits per heavy atom. The van der Waals surface area contributed by atoms with Gasteiger partial charge < -0.3 is 4.74 Å². The lowest BCUT2D eigenvalue weighted by Crippen LogP contribution is -1.95. The van der Waals surface area contributed by atoms with Crippen molar-refractivity contribution in [2.24, 2.45) is 0 Å². The van der Waals surface area contributed by atoms with Crippen LogP contribution in [0.5, 0.6) is 0 Å². The van der Waals surface area contributed by atoms with Gasteiger partial charge in [0.2, 0.25) is 0 Å². The van der Waals surface area contributed by atoms with E-state index in [1.54, 1.807) is 6.92 Å². The van der Waals surface area contributed by atoms with Crippen LogP contribution in [0.15, 0.2) is 0 Å². The average Bonchev–Trinajstić information content (AvgIpc) is 1.18. The lowest BCUT2D eigenvalue weighted by atomic mass is 10.2. The Morgan fingerprint density at radius 2 is 0.120 bits per heavy atom. The molecule has 0 heterocycles. The maximum atomic E-state index is 9.82. The van der Waals surface area contributed by atoms with Crippen molar-refractivity contribution in [3.05, 3.63) is 0 Å². The number of carbonyl (C=O) groups is 1. The van der Waals surface area contributed by atoms with E-state index < -0.39 is 0 Å². The molecule has 0 aromatic heterocycles. The summed E-state index contributed by atoms with van der Waals surface area (Å²) in [6.07, 6.45) is 133. The molecule has 2 heteroatoms. The molecule has 0 rings (SSSR count). The Morgan fingerprint density at radius 3 is 0.127 bits per heavy atom. The van der Waals surface area contributed by atoms with Crippen molar-refractivity contribution >= 4 is 5.97 Å². The minimum atomic E-state index is -0.211. The molecule has 948 valence electrons. The fraction of sp³-hybridized carbons (Fsp3) is 0.993. The minimum Gasteiger partial charge on any atom is -0.466 e. The van der Waals surface area contributed by atoms with Gasteiger partial charge in [-0.1, -0.05) is 949 Å². The number of unbranched alkanes of at least 4 members (excludes halogenated alkanes) is 72. The summed E-state index contributed by atoms with van der Waals surface area (Å²) >= 11 is 0. The van der Waals surface area contributed by atoms with E-state index in [1.165, 1.54) is 623 Å². The lowest BCUT2D eigenvalue weighted by Gasteiger charge is -1.89. The third kappa shape index (κ3) is 570. The van der Waals surface area contributed by atoms with Crippen LogP contribution >= 0.6 is 0 Å². The molecule has 0 aromatic carbocycles. The summed E-state index contributed by atoms with van der Waals surface area (Å²) in [7, 11) is 0. The Bertz CT molecular complexity index is 869. The molecule has 0 fully saturated rings. The van der Waals surface area contributed by atoms with Crippen molar-refractivity contribution < 1.29 is 9.53 Å². The fourth-order valence-corrected chi connectivity index (χ4v) is 12.2. The Hall–Kier alpha value is -0.530. The largest absolute Gasteiger partial charge is 0.466 e. The van der Waals surface area contributed by atoms with Crippen LogP contribution in [-0.4, -0.2) is 12.6 Å². The highest BCUT2D eigenvalue weighted by Gasteiger charge is 1.89. The van der Waals surface area contributed by atoms with E-state index >= 15 is 0 Å². The highest BCUT2D eigenvalue weighted by atomic mass is 16.5. The van der Waals surface area contributed by atoms with Gasteiger partial charge in [0.15, 0.2) is 0 Å². The van der Waals surface area contributed by atoms with Crippen molar-refractivity contribution in [2.75, 3.05) is 6.61 Å². The second-order valence-electron chi connectivity index (χ2n) is 41.9. The number of hydrogen-bond donors (Lipinski definition) is 0.